The van der Waals surface area contributed by atoms with E-state index in [1.54, 1.807) is 12.4 Å². The normalized spacial score (nSPS) is 15.3. The Morgan fingerprint density at radius 1 is 1.09 bits per heavy atom. The number of nitrogens with zero attached hydrogens (tertiary/aromatic N) is 5. The van der Waals surface area contributed by atoms with Crippen LogP contribution >= 0.6 is 0 Å². The zero-order chi connectivity index (χ0) is 21.9. The number of benzene rings is 1. The van der Waals surface area contributed by atoms with E-state index in [4.69, 9.17) is 4.52 Å². The Hall–Kier alpha value is -4.20. The molecule has 0 bridgehead atoms. The van der Waals surface area contributed by atoms with Crippen LogP contribution in [0, 0.1) is 6.92 Å². The molecule has 0 fully saturated rings. The van der Waals surface area contributed by atoms with Crippen molar-refractivity contribution in [2.75, 3.05) is 10.7 Å². The van der Waals surface area contributed by atoms with Crippen LogP contribution in [0.2, 0.25) is 0 Å². The van der Waals surface area contributed by atoms with Gasteiger partial charge in [-0.25, -0.2) is 4.98 Å². The molecule has 8 heteroatoms. The van der Waals surface area contributed by atoms with Gasteiger partial charge in [0.2, 0.25) is 11.4 Å². The Morgan fingerprint density at radius 3 is 2.78 bits per heavy atom. The predicted molar refractivity (Wildman–Crippen MR) is 126 cm³/mol. The fourth-order valence-electron chi connectivity index (χ4n) is 3.63. The number of aliphatic imine (C=N–C) groups is 1. The minimum absolute atomic E-state index is 0.304. The molecule has 32 heavy (non-hydrogen) atoms. The van der Waals surface area contributed by atoms with Gasteiger partial charge in [-0.1, -0.05) is 36.3 Å². The van der Waals surface area contributed by atoms with E-state index in [1.807, 2.05) is 72.9 Å². The SMILES string of the molecule is CCc1cnc2c(Nc3ccccc3C)noc2c1NN1C=CC=NC1c1ccccn1. The van der Waals surface area contributed by atoms with Crippen LogP contribution in [0.5, 0.6) is 0 Å². The molecule has 4 aromatic rings. The lowest BCUT2D eigenvalue weighted by atomic mass is 10.1. The number of para-hydroxylation sites is 1. The first-order valence-corrected chi connectivity index (χ1v) is 10.5. The highest BCUT2D eigenvalue weighted by atomic mass is 16.5. The first-order chi connectivity index (χ1) is 15.7. The second-order valence-corrected chi connectivity index (χ2v) is 7.45. The van der Waals surface area contributed by atoms with E-state index < -0.39 is 0 Å². The van der Waals surface area contributed by atoms with Gasteiger partial charge < -0.3 is 9.84 Å². The van der Waals surface area contributed by atoms with E-state index in [0.29, 0.717) is 16.9 Å². The molecule has 0 saturated heterocycles. The summed E-state index contributed by atoms with van der Waals surface area (Å²) in [6, 6.07) is 13.8. The van der Waals surface area contributed by atoms with Crippen LogP contribution in [0.25, 0.3) is 11.1 Å². The number of aromatic nitrogens is 3. The summed E-state index contributed by atoms with van der Waals surface area (Å²) in [5.41, 5.74) is 9.45. The van der Waals surface area contributed by atoms with Gasteiger partial charge in [-0.3, -0.25) is 20.4 Å². The molecule has 2 N–H and O–H groups in total. The molecule has 4 heterocycles. The van der Waals surface area contributed by atoms with Gasteiger partial charge in [-0.2, -0.15) is 0 Å². The lowest BCUT2D eigenvalue weighted by Gasteiger charge is -2.30. The van der Waals surface area contributed by atoms with Crippen molar-refractivity contribution in [3.8, 4) is 0 Å². The molecular weight excluding hydrogens is 402 g/mol. The van der Waals surface area contributed by atoms with Crippen LogP contribution in [0.4, 0.5) is 17.2 Å². The fraction of sp³-hybridized carbons (Fsp3) is 0.167. The summed E-state index contributed by atoms with van der Waals surface area (Å²) in [7, 11) is 0. The zero-order valence-electron chi connectivity index (χ0n) is 17.9. The Bertz CT molecular complexity index is 1300. The van der Waals surface area contributed by atoms with Crippen molar-refractivity contribution in [3.05, 3.63) is 84.0 Å². The molecule has 1 atom stereocenters. The van der Waals surface area contributed by atoms with Gasteiger partial charge >= 0.3 is 0 Å². The van der Waals surface area contributed by atoms with Crippen molar-refractivity contribution in [1.29, 1.82) is 0 Å². The maximum Gasteiger partial charge on any atom is 0.212 e. The first-order valence-electron chi connectivity index (χ1n) is 10.5. The molecule has 3 aromatic heterocycles. The highest BCUT2D eigenvalue weighted by molar-refractivity contribution is 5.95. The van der Waals surface area contributed by atoms with Gasteiger partial charge in [0.1, 0.15) is 5.69 Å². The molecule has 160 valence electrons. The zero-order valence-corrected chi connectivity index (χ0v) is 17.9. The van der Waals surface area contributed by atoms with Crippen molar-refractivity contribution in [2.24, 2.45) is 4.99 Å². The monoisotopic (exact) mass is 425 g/mol. The van der Waals surface area contributed by atoms with E-state index in [-0.39, 0.29) is 6.17 Å². The number of fused-ring (bicyclic) bond motifs is 1. The topological polar surface area (TPSA) is 91.5 Å². The average Bonchev–Trinajstić information content (AvgIpc) is 3.25. The van der Waals surface area contributed by atoms with Crippen LogP contribution in [0.15, 0.2) is 76.6 Å². The van der Waals surface area contributed by atoms with Crippen LogP contribution < -0.4 is 10.7 Å². The molecule has 1 aliphatic heterocycles. The van der Waals surface area contributed by atoms with Gasteiger partial charge in [0.15, 0.2) is 11.7 Å². The summed E-state index contributed by atoms with van der Waals surface area (Å²) in [6.07, 6.45) is 9.69. The average molecular weight is 425 g/mol. The fourth-order valence-corrected chi connectivity index (χ4v) is 3.63. The van der Waals surface area contributed by atoms with E-state index in [2.05, 4.69) is 37.8 Å². The van der Waals surface area contributed by atoms with E-state index in [1.165, 1.54) is 0 Å². The second-order valence-electron chi connectivity index (χ2n) is 7.45. The summed E-state index contributed by atoms with van der Waals surface area (Å²) in [6.45, 7) is 4.12. The van der Waals surface area contributed by atoms with Gasteiger partial charge in [-0.05, 0) is 48.7 Å². The smallest absolute Gasteiger partial charge is 0.212 e. The third-order valence-electron chi connectivity index (χ3n) is 5.36. The number of anilines is 3. The van der Waals surface area contributed by atoms with Gasteiger partial charge in [-0.15, -0.1) is 0 Å². The lowest BCUT2D eigenvalue weighted by Crippen LogP contribution is -2.31. The number of hydrogen-bond acceptors (Lipinski definition) is 8. The number of hydrazine groups is 1. The third-order valence-corrected chi connectivity index (χ3v) is 5.36. The molecule has 1 aromatic carbocycles. The Balaban J connectivity index is 1.52. The molecule has 5 rings (SSSR count). The molecular formula is C24H23N7O. The number of hydrogen-bond donors (Lipinski definition) is 2. The largest absolute Gasteiger partial charge is 0.350 e. The summed E-state index contributed by atoms with van der Waals surface area (Å²) < 4.78 is 5.77. The number of allylic oxidation sites excluding steroid dienone is 1. The highest BCUT2D eigenvalue weighted by Gasteiger charge is 2.23. The van der Waals surface area contributed by atoms with Crippen molar-refractivity contribution < 1.29 is 4.52 Å². The maximum atomic E-state index is 5.77. The van der Waals surface area contributed by atoms with Crippen molar-refractivity contribution >= 4 is 34.5 Å². The molecule has 0 amide bonds. The number of pyridine rings is 2. The van der Waals surface area contributed by atoms with E-state index >= 15 is 0 Å². The van der Waals surface area contributed by atoms with Crippen molar-refractivity contribution in [3.63, 3.8) is 0 Å². The number of rotatable bonds is 6. The van der Waals surface area contributed by atoms with Crippen molar-refractivity contribution in [1.82, 2.24) is 20.1 Å². The van der Waals surface area contributed by atoms with Crippen molar-refractivity contribution in [2.45, 2.75) is 26.4 Å². The van der Waals surface area contributed by atoms with E-state index in [9.17, 15) is 0 Å². The number of aryl methyl sites for hydroxylation is 2. The van der Waals surface area contributed by atoms with Gasteiger partial charge in [0.25, 0.3) is 0 Å². The Morgan fingerprint density at radius 2 is 1.97 bits per heavy atom. The van der Waals surface area contributed by atoms with Crippen LogP contribution in [-0.2, 0) is 6.42 Å². The molecule has 0 saturated carbocycles. The van der Waals surface area contributed by atoms with Gasteiger partial charge in [0.05, 0.1) is 5.69 Å². The molecule has 0 aliphatic carbocycles. The molecule has 1 unspecified atom stereocenters. The van der Waals surface area contributed by atoms with Crippen LogP contribution in [0.3, 0.4) is 0 Å². The Labute approximate surface area is 185 Å². The van der Waals surface area contributed by atoms with E-state index in [0.717, 1.165) is 34.6 Å². The van der Waals surface area contributed by atoms with Crippen LogP contribution in [-0.4, -0.2) is 26.3 Å². The summed E-state index contributed by atoms with van der Waals surface area (Å²) in [5.74, 6) is 0.577. The first kappa shape index (κ1) is 19.7. The second kappa shape index (κ2) is 8.50. The number of nitrogens with one attached hydrogen (secondary N) is 2. The molecule has 1 aliphatic rings. The minimum Gasteiger partial charge on any atom is -0.350 e. The molecule has 0 spiro atoms. The van der Waals surface area contributed by atoms with Gasteiger partial charge in [0, 0.05) is 30.5 Å². The lowest BCUT2D eigenvalue weighted by molar-refractivity contribution is 0.332. The highest BCUT2D eigenvalue weighted by Crippen LogP contribution is 2.34. The summed E-state index contributed by atoms with van der Waals surface area (Å²) >= 11 is 0. The third kappa shape index (κ3) is 3.66. The predicted octanol–water partition coefficient (Wildman–Crippen LogP) is 5.16. The molecule has 8 nitrogen and oxygen atoms in total. The quantitative estimate of drug-likeness (QED) is 0.441. The molecule has 0 radical (unpaired) electrons. The maximum absolute atomic E-state index is 5.77. The summed E-state index contributed by atoms with van der Waals surface area (Å²) in [5, 5.41) is 9.52. The summed E-state index contributed by atoms with van der Waals surface area (Å²) in [4.78, 5) is 13.7. The standard InChI is InChI=1S/C24H23N7O/c1-3-17-15-27-21-22(32-30-23(21)28-18-10-5-4-9-16(18)2)20(17)29-31-14-8-13-26-24(31)19-11-6-7-12-25-19/h4-15,24H,3H2,1-2H3,(H,27,29)(H,28,30). The Kier molecular flexibility index (Phi) is 5.25. The minimum atomic E-state index is -0.304. The van der Waals surface area contributed by atoms with Crippen LogP contribution in [0.1, 0.15) is 29.9 Å².